The third-order valence-corrected chi connectivity index (χ3v) is 6.62. The third-order valence-electron chi connectivity index (χ3n) is 6.62. The maximum atomic E-state index is 11.1. The maximum Gasteiger partial charge on any atom is 0.118 e. The normalized spacial score (nSPS) is 35.0. The Morgan fingerprint density at radius 2 is 1.52 bits per heavy atom. The second-order valence-corrected chi connectivity index (χ2v) is 7.79. The van der Waals surface area contributed by atoms with Crippen molar-refractivity contribution in [3.8, 4) is 5.75 Å². The van der Waals surface area contributed by atoms with Crippen LogP contribution in [0.1, 0.15) is 70.3 Å². The molecule has 3 rings (SSSR count). The van der Waals surface area contributed by atoms with E-state index >= 15 is 0 Å². The Morgan fingerprint density at radius 3 is 2.04 bits per heavy atom. The fourth-order valence-corrected chi connectivity index (χ4v) is 4.85. The first-order valence-electron chi connectivity index (χ1n) is 9.51. The van der Waals surface area contributed by atoms with Crippen LogP contribution in [-0.4, -0.2) is 12.2 Å². The summed E-state index contributed by atoms with van der Waals surface area (Å²) in [6.45, 7) is 2.33. The molecule has 1 aromatic carbocycles. The minimum absolute atomic E-state index is 0.622. The molecule has 2 nitrogen and oxygen atoms in total. The van der Waals surface area contributed by atoms with E-state index in [1.165, 1.54) is 44.9 Å². The monoisotopic (exact) mass is 316 g/mol. The van der Waals surface area contributed by atoms with E-state index in [9.17, 15) is 5.11 Å². The van der Waals surface area contributed by atoms with Crippen LogP contribution in [0.3, 0.4) is 0 Å². The standard InChI is InChI=1S/C21H32O2/c1-3-16-4-6-17(7-5-16)18-12-14-21(22,15-13-18)19-8-10-20(23-2)11-9-19/h8-11,16-18,22H,3-7,12-15H2,1-2H3. The molecular formula is C21H32O2. The first kappa shape index (κ1) is 16.8. The lowest BCUT2D eigenvalue weighted by Crippen LogP contribution is -2.34. The van der Waals surface area contributed by atoms with Crippen LogP contribution in [-0.2, 0) is 5.60 Å². The van der Waals surface area contributed by atoms with Crippen molar-refractivity contribution in [1.82, 2.24) is 0 Å². The summed E-state index contributed by atoms with van der Waals surface area (Å²) in [4.78, 5) is 0. The van der Waals surface area contributed by atoms with Gasteiger partial charge in [-0.15, -0.1) is 0 Å². The molecule has 2 saturated carbocycles. The summed E-state index contributed by atoms with van der Waals surface area (Å²) in [6.07, 6.45) is 11.3. The number of ether oxygens (including phenoxy) is 1. The van der Waals surface area contributed by atoms with E-state index in [2.05, 4.69) is 6.92 Å². The zero-order chi connectivity index (χ0) is 16.3. The summed E-state index contributed by atoms with van der Waals surface area (Å²) < 4.78 is 5.22. The van der Waals surface area contributed by atoms with Crippen LogP contribution in [0.25, 0.3) is 0 Å². The predicted molar refractivity (Wildman–Crippen MR) is 94.6 cm³/mol. The molecule has 0 atom stereocenters. The Labute approximate surface area is 141 Å². The summed E-state index contributed by atoms with van der Waals surface area (Å²) in [6, 6.07) is 7.99. The average Bonchev–Trinajstić information content (AvgIpc) is 2.62. The number of rotatable bonds is 4. The lowest BCUT2D eigenvalue weighted by atomic mass is 9.67. The van der Waals surface area contributed by atoms with Gasteiger partial charge in [-0.1, -0.05) is 38.3 Å². The Bertz CT molecular complexity index is 477. The highest BCUT2D eigenvalue weighted by atomic mass is 16.5. The van der Waals surface area contributed by atoms with E-state index in [1.807, 2.05) is 24.3 Å². The van der Waals surface area contributed by atoms with Gasteiger partial charge in [-0.3, -0.25) is 0 Å². The van der Waals surface area contributed by atoms with Crippen molar-refractivity contribution in [3.05, 3.63) is 29.8 Å². The van der Waals surface area contributed by atoms with Crippen LogP contribution >= 0.6 is 0 Å². The van der Waals surface area contributed by atoms with Gasteiger partial charge in [-0.05, 0) is 74.0 Å². The van der Waals surface area contributed by atoms with E-state index in [0.29, 0.717) is 0 Å². The number of benzene rings is 1. The number of methoxy groups -OCH3 is 1. The van der Waals surface area contributed by atoms with E-state index < -0.39 is 5.60 Å². The van der Waals surface area contributed by atoms with Crippen molar-refractivity contribution < 1.29 is 9.84 Å². The Kier molecular flexibility index (Phi) is 5.31. The van der Waals surface area contributed by atoms with Gasteiger partial charge in [0.25, 0.3) is 0 Å². The summed E-state index contributed by atoms with van der Waals surface area (Å²) in [7, 11) is 1.68. The second kappa shape index (κ2) is 7.25. The molecule has 0 heterocycles. The van der Waals surface area contributed by atoms with E-state index in [4.69, 9.17) is 4.74 Å². The molecule has 1 N–H and O–H groups in total. The molecule has 0 bridgehead atoms. The van der Waals surface area contributed by atoms with E-state index in [0.717, 1.165) is 41.9 Å². The number of hydrogen-bond donors (Lipinski definition) is 1. The quantitative estimate of drug-likeness (QED) is 0.818. The van der Waals surface area contributed by atoms with Crippen molar-refractivity contribution in [2.75, 3.05) is 7.11 Å². The molecule has 0 radical (unpaired) electrons. The maximum absolute atomic E-state index is 11.1. The smallest absolute Gasteiger partial charge is 0.118 e. The number of aliphatic hydroxyl groups is 1. The van der Waals surface area contributed by atoms with Crippen molar-refractivity contribution >= 4 is 0 Å². The molecule has 0 saturated heterocycles. The molecule has 0 unspecified atom stereocenters. The highest BCUT2D eigenvalue weighted by molar-refractivity contribution is 5.31. The topological polar surface area (TPSA) is 29.5 Å². The molecule has 128 valence electrons. The molecule has 2 heteroatoms. The van der Waals surface area contributed by atoms with Crippen molar-refractivity contribution in [1.29, 1.82) is 0 Å². The molecule has 2 aliphatic carbocycles. The Hall–Kier alpha value is -1.02. The van der Waals surface area contributed by atoms with Crippen molar-refractivity contribution in [2.24, 2.45) is 17.8 Å². The molecule has 1 aromatic rings. The molecule has 0 aromatic heterocycles. The molecular weight excluding hydrogens is 284 g/mol. The van der Waals surface area contributed by atoms with Gasteiger partial charge in [0.05, 0.1) is 12.7 Å². The van der Waals surface area contributed by atoms with Gasteiger partial charge < -0.3 is 9.84 Å². The van der Waals surface area contributed by atoms with E-state index in [1.54, 1.807) is 7.11 Å². The zero-order valence-corrected chi connectivity index (χ0v) is 14.8. The lowest BCUT2D eigenvalue weighted by molar-refractivity contribution is -0.0260. The fraction of sp³-hybridized carbons (Fsp3) is 0.714. The highest BCUT2D eigenvalue weighted by Gasteiger charge is 2.38. The van der Waals surface area contributed by atoms with Crippen LogP contribution in [0.5, 0.6) is 5.75 Å². The van der Waals surface area contributed by atoms with Crippen LogP contribution < -0.4 is 4.74 Å². The van der Waals surface area contributed by atoms with Crippen LogP contribution in [0.2, 0.25) is 0 Å². The molecule has 23 heavy (non-hydrogen) atoms. The lowest BCUT2D eigenvalue weighted by Gasteiger charge is -2.41. The minimum Gasteiger partial charge on any atom is -0.497 e. The fourth-order valence-electron chi connectivity index (χ4n) is 4.85. The van der Waals surface area contributed by atoms with Crippen molar-refractivity contribution in [2.45, 2.75) is 70.3 Å². The summed E-state index contributed by atoms with van der Waals surface area (Å²) in [5.41, 5.74) is 0.440. The van der Waals surface area contributed by atoms with Crippen LogP contribution in [0.15, 0.2) is 24.3 Å². The first-order valence-corrected chi connectivity index (χ1v) is 9.51. The molecule has 2 fully saturated rings. The van der Waals surface area contributed by atoms with Gasteiger partial charge in [0, 0.05) is 0 Å². The van der Waals surface area contributed by atoms with Gasteiger partial charge in [0.1, 0.15) is 5.75 Å². The van der Waals surface area contributed by atoms with Crippen molar-refractivity contribution in [3.63, 3.8) is 0 Å². The van der Waals surface area contributed by atoms with Crippen LogP contribution in [0, 0.1) is 17.8 Å². The summed E-state index contributed by atoms with van der Waals surface area (Å²) in [5.74, 6) is 3.59. The van der Waals surface area contributed by atoms with Gasteiger partial charge in [0.15, 0.2) is 0 Å². The predicted octanol–water partition coefficient (Wildman–Crippen LogP) is 5.29. The number of hydrogen-bond acceptors (Lipinski definition) is 2. The van der Waals surface area contributed by atoms with Gasteiger partial charge >= 0.3 is 0 Å². The Morgan fingerprint density at radius 1 is 0.957 bits per heavy atom. The summed E-state index contributed by atoms with van der Waals surface area (Å²) in [5, 5.41) is 11.1. The average molecular weight is 316 g/mol. The minimum atomic E-state index is -0.622. The molecule has 2 aliphatic rings. The van der Waals surface area contributed by atoms with Gasteiger partial charge in [0.2, 0.25) is 0 Å². The Balaban J connectivity index is 1.56. The molecule has 0 amide bonds. The molecule has 0 aliphatic heterocycles. The van der Waals surface area contributed by atoms with E-state index in [-0.39, 0.29) is 0 Å². The SMILES string of the molecule is CCC1CCC(C2CCC(O)(c3ccc(OC)cc3)CC2)CC1. The zero-order valence-electron chi connectivity index (χ0n) is 14.8. The molecule has 0 spiro atoms. The first-order chi connectivity index (χ1) is 11.1. The van der Waals surface area contributed by atoms with Gasteiger partial charge in [-0.25, -0.2) is 0 Å². The second-order valence-electron chi connectivity index (χ2n) is 7.79. The largest absolute Gasteiger partial charge is 0.497 e. The van der Waals surface area contributed by atoms with Crippen LogP contribution in [0.4, 0.5) is 0 Å². The summed E-state index contributed by atoms with van der Waals surface area (Å²) >= 11 is 0. The highest BCUT2D eigenvalue weighted by Crippen LogP contribution is 2.46. The third kappa shape index (κ3) is 3.74. The van der Waals surface area contributed by atoms with Gasteiger partial charge in [-0.2, -0.15) is 0 Å².